The van der Waals surface area contributed by atoms with Crippen LogP contribution in [-0.4, -0.2) is 49.6 Å². The van der Waals surface area contributed by atoms with E-state index in [9.17, 15) is 14.9 Å². The number of anilines is 1. The van der Waals surface area contributed by atoms with Crippen LogP contribution in [0.2, 0.25) is 0 Å². The van der Waals surface area contributed by atoms with Gasteiger partial charge in [0.2, 0.25) is 5.91 Å². The molecule has 6 heteroatoms. The summed E-state index contributed by atoms with van der Waals surface area (Å²) in [6, 6.07) is 7.05. The monoisotopic (exact) mass is 287 g/mol. The molecule has 1 rings (SSSR count). The lowest BCUT2D eigenvalue weighted by molar-refractivity contribution is -0.131. The summed E-state index contributed by atoms with van der Waals surface area (Å²) in [5.74, 6) is -1.12. The number of benzene rings is 1. The fourth-order valence-electron chi connectivity index (χ4n) is 1.68. The molecule has 0 unspecified atom stereocenters. The second kappa shape index (κ2) is 7.10. The molecule has 110 valence electrons. The molecular weight excluding hydrogens is 270 g/mol. The van der Waals surface area contributed by atoms with Crippen molar-refractivity contribution >= 4 is 23.6 Å². The highest BCUT2D eigenvalue weighted by molar-refractivity contribution is 5.86. The minimum absolute atomic E-state index is 0.0729. The number of carbonyl (C=O) groups is 2. The van der Waals surface area contributed by atoms with Gasteiger partial charge < -0.3 is 14.9 Å². The first kappa shape index (κ1) is 16.2. The Morgan fingerprint density at radius 3 is 2.52 bits per heavy atom. The van der Waals surface area contributed by atoms with E-state index in [4.69, 9.17) is 5.11 Å². The van der Waals surface area contributed by atoms with E-state index in [0.29, 0.717) is 16.8 Å². The Morgan fingerprint density at radius 1 is 1.33 bits per heavy atom. The summed E-state index contributed by atoms with van der Waals surface area (Å²) < 4.78 is 0. The highest BCUT2D eigenvalue weighted by atomic mass is 16.4. The summed E-state index contributed by atoms with van der Waals surface area (Å²) in [5, 5.41) is 17.8. The Hall–Kier alpha value is -2.81. The highest BCUT2D eigenvalue weighted by Gasteiger charge is 2.12. The van der Waals surface area contributed by atoms with E-state index < -0.39 is 5.97 Å². The van der Waals surface area contributed by atoms with Crippen molar-refractivity contribution in [1.82, 2.24) is 4.90 Å². The maximum atomic E-state index is 11.7. The van der Waals surface area contributed by atoms with Crippen molar-refractivity contribution in [2.75, 3.05) is 32.6 Å². The first-order chi connectivity index (χ1) is 9.85. The lowest BCUT2D eigenvalue weighted by Crippen LogP contribution is -2.34. The molecule has 0 bridgehead atoms. The van der Waals surface area contributed by atoms with Crippen molar-refractivity contribution in [3.05, 3.63) is 35.4 Å². The predicted octanol–water partition coefficient (Wildman–Crippen LogP) is 1.18. The maximum absolute atomic E-state index is 11.7. The van der Waals surface area contributed by atoms with Gasteiger partial charge in [0.05, 0.1) is 17.8 Å². The van der Waals surface area contributed by atoms with E-state index in [0.717, 1.165) is 6.08 Å². The lowest BCUT2D eigenvalue weighted by Gasteiger charge is -2.22. The molecule has 1 aromatic rings. The Labute approximate surface area is 123 Å². The molecule has 0 aromatic heterocycles. The molecule has 0 aliphatic heterocycles. The number of likely N-dealkylation sites (N-methyl/N-ethyl adjacent to an activating group) is 2. The second-order valence-corrected chi connectivity index (χ2v) is 4.70. The van der Waals surface area contributed by atoms with Crippen molar-refractivity contribution in [2.24, 2.45) is 0 Å². The van der Waals surface area contributed by atoms with Crippen molar-refractivity contribution < 1.29 is 14.7 Å². The quantitative estimate of drug-likeness (QED) is 0.822. The van der Waals surface area contributed by atoms with Crippen LogP contribution in [0.3, 0.4) is 0 Å². The predicted molar refractivity (Wildman–Crippen MR) is 79.8 cm³/mol. The molecule has 6 nitrogen and oxygen atoms in total. The molecule has 0 atom stereocenters. The number of carboxylic acids is 1. The summed E-state index contributed by atoms with van der Waals surface area (Å²) in [6.45, 7) is 0.159. The molecule has 0 radical (unpaired) electrons. The van der Waals surface area contributed by atoms with Crippen LogP contribution in [0.5, 0.6) is 0 Å². The minimum atomic E-state index is -1.05. The minimum Gasteiger partial charge on any atom is -0.478 e. The van der Waals surface area contributed by atoms with Gasteiger partial charge in [-0.05, 0) is 23.8 Å². The second-order valence-electron chi connectivity index (χ2n) is 4.70. The third kappa shape index (κ3) is 4.66. The van der Waals surface area contributed by atoms with Crippen LogP contribution >= 0.6 is 0 Å². The molecule has 0 fully saturated rings. The normalized spacial score (nSPS) is 10.2. The average Bonchev–Trinajstić information content (AvgIpc) is 2.44. The molecule has 1 aromatic carbocycles. The van der Waals surface area contributed by atoms with E-state index >= 15 is 0 Å². The van der Waals surface area contributed by atoms with E-state index in [1.165, 1.54) is 11.0 Å². The third-order valence-electron chi connectivity index (χ3n) is 2.84. The summed E-state index contributed by atoms with van der Waals surface area (Å²) in [6.07, 6.45) is 2.42. The molecule has 0 heterocycles. The van der Waals surface area contributed by atoms with Gasteiger partial charge in [-0.1, -0.05) is 6.07 Å². The van der Waals surface area contributed by atoms with Crippen molar-refractivity contribution in [3.8, 4) is 6.07 Å². The number of amides is 1. The number of hydrogen-bond acceptors (Lipinski definition) is 4. The number of nitrogens with zero attached hydrogens (tertiary/aromatic N) is 3. The largest absolute Gasteiger partial charge is 0.478 e. The number of nitriles is 1. The van der Waals surface area contributed by atoms with Gasteiger partial charge in [0.15, 0.2) is 0 Å². The maximum Gasteiger partial charge on any atom is 0.328 e. The van der Waals surface area contributed by atoms with Crippen LogP contribution in [0, 0.1) is 11.3 Å². The van der Waals surface area contributed by atoms with Gasteiger partial charge in [-0.3, -0.25) is 4.79 Å². The Kier molecular flexibility index (Phi) is 5.49. The molecule has 21 heavy (non-hydrogen) atoms. The van der Waals surface area contributed by atoms with Crippen LogP contribution in [0.1, 0.15) is 11.1 Å². The fourth-order valence-corrected chi connectivity index (χ4v) is 1.68. The van der Waals surface area contributed by atoms with Crippen molar-refractivity contribution in [3.63, 3.8) is 0 Å². The third-order valence-corrected chi connectivity index (χ3v) is 2.84. The Morgan fingerprint density at radius 2 is 2.00 bits per heavy atom. The summed E-state index contributed by atoms with van der Waals surface area (Å²) in [4.78, 5) is 25.3. The summed E-state index contributed by atoms with van der Waals surface area (Å²) in [7, 11) is 5.06. The molecule has 1 N–H and O–H groups in total. The van der Waals surface area contributed by atoms with Crippen LogP contribution in [-0.2, 0) is 9.59 Å². The molecule has 0 spiro atoms. The zero-order chi connectivity index (χ0) is 16.0. The van der Waals surface area contributed by atoms with E-state index in [2.05, 4.69) is 6.07 Å². The zero-order valence-corrected chi connectivity index (χ0v) is 12.2. The van der Waals surface area contributed by atoms with Crippen molar-refractivity contribution in [2.45, 2.75) is 0 Å². The van der Waals surface area contributed by atoms with E-state index in [-0.39, 0.29) is 12.5 Å². The Bertz CT molecular complexity index is 615. The van der Waals surface area contributed by atoms with Crippen LogP contribution in [0.15, 0.2) is 24.3 Å². The van der Waals surface area contributed by atoms with Gasteiger partial charge in [-0.15, -0.1) is 0 Å². The van der Waals surface area contributed by atoms with Gasteiger partial charge in [-0.2, -0.15) is 5.26 Å². The summed E-state index contributed by atoms with van der Waals surface area (Å²) >= 11 is 0. The van der Waals surface area contributed by atoms with Gasteiger partial charge >= 0.3 is 5.97 Å². The first-order valence-corrected chi connectivity index (χ1v) is 6.21. The van der Waals surface area contributed by atoms with Crippen LogP contribution in [0.4, 0.5) is 5.69 Å². The van der Waals surface area contributed by atoms with Crippen LogP contribution in [0.25, 0.3) is 6.08 Å². The lowest BCUT2D eigenvalue weighted by atomic mass is 10.1. The van der Waals surface area contributed by atoms with E-state index in [1.54, 1.807) is 44.2 Å². The molecule has 1 amide bonds. The molecule has 0 aliphatic rings. The van der Waals surface area contributed by atoms with Gasteiger partial charge in [0.1, 0.15) is 6.07 Å². The standard InChI is InChI=1S/C15H17N3O3/c1-17(2)14(19)10-18(3)13-6-4-11(5-7-15(20)21)8-12(13)9-16/h4-8H,10H2,1-3H3,(H,20,21)/b7-5+. The summed E-state index contributed by atoms with van der Waals surface area (Å²) in [5.41, 5.74) is 1.63. The van der Waals surface area contributed by atoms with Crippen LogP contribution < -0.4 is 4.90 Å². The Balaban J connectivity index is 3.01. The number of aliphatic carboxylic acids is 1. The number of hydrogen-bond donors (Lipinski definition) is 1. The first-order valence-electron chi connectivity index (χ1n) is 6.21. The smallest absolute Gasteiger partial charge is 0.328 e. The number of rotatable bonds is 5. The molecule has 0 saturated carbocycles. The molecular formula is C15H17N3O3. The topological polar surface area (TPSA) is 84.6 Å². The average molecular weight is 287 g/mol. The van der Waals surface area contributed by atoms with Gasteiger partial charge in [-0.25, -0.2) is 4.79 Å². The SMILES string of the molecule is CN(C)C(=O)CN(C)c1ccc(/C=C/C(=O)O)cc1C#N. The number of carbonyl (C=O) groups excluding carboxylic acids is 1. The van der Waals surface area contributed by atoms with E-state index in [1.807, 2.05) is 0 Å². The fraction of sp³-hybridized carbons (Fsp3) is 0.267. The zero-order valence-electron chi connectivity index (χ0n) is 12.2. The molecule has 0 saturated heterocycles. The van der Waals surface area contributed by atoms with Crippen molar-refractivity contribution in [1.29, 1.82) is 5.26 Å². The number of carboxylic acid groups (broad SMARTS) is 1. The molecule has 0 aliphatic carbocycles. The highest BCUT2D eigenvalue weighted by Crippen LogP contribution is 2.21. The van der Waals surface area contributed by atoms with Gasteiger partial charge in [0, 0.05) is 27.2 Å². The van der Waals surface area contributed by atoms with Gasteiger partial charge in [0.25, 0.3) is 0 Å².